The minimum Gasteiger partial charge on any atom is -0.492 e. The van der Waals surface area contributed by atoms with Gasteiger partial charge < -0.3 is 9.64 Å². The highest BCUT2D eigenvalue weighted by atomic mass is 16.5. The number of ether oxygens (including phenoxy) is 1. The molecule has 2 aliphatic rings. The highest BCUT2D eigenvalue weighted by Crippen LogP contribution is 2.27. The highest BCUT2D eigenvalue weighted by molar-refractivity contribution is 5.39. The second kappa shape index (κ2) is 11.0. The highest BCUT2D eigenvalue weighted by Gasteiger charge is 2.22. The molecule has 5 nitrogen and oxygen atoms in total. The zero-order chi connectivity index (χ0) is 23.2. The molecule has 2 aliphatic heterocycles. The van der Waals surface area contributed by atoms with Crippen LogP contribution in [0.3, 0.4) is 0 Å². The molecule has 0 radical (unpaired) electrons. The van der Waals surface area contributed by atoms with Crippen LogP contribution in [0.5, 0.6) is 5.75 Å². The fourth-order valence-electron chi connectivity index (χ4n) is 5.08. The largest absolute Gasteiger partial charge is 0.492 e. The van der Waals surface area contributed by atoms with Crippen molar-refractivity contribution in [2.45, 2.75) is 38.9 Å². The number of aryl methyl sites for hydroxylation is 1. The Labute approximate surface area is 204 Å². The van der Waals surface area contributed by atoms with Crippen LogP contribution >= 0.6 is 0 Å². The molecule has 1 unspecified atom stereocenters. The summed E-state index contributed by atoms with van der Waals surface area (Å²) in [5, 5.41) is 0. The molecule has 178 valence electrons. The Hall–Kier alpha value is -2.89. The van der Waals surface area contributed by atoms with Crippen molar-refractivity contribution in [1.82, 2.24) is 14.8 Å². The Kier molecular flexibility index (Phi) is 7.42. The maximum absolute atomic E-state index is 6.13. The van der Waals surface area contributed by atoms with E-state index in [4.69, 9.17) is 4.74 Å². The lowest BCUT2D eigenvalue weighted by molar-refractivity contribution is 0.172. The standard InChI is InChI=1S/C29H36N4O/c1-24(10-11-25-7-3-2-4-8-25)33-19-20-34-28-13-12-26(21-27(28)23-33)22-31-15-17-32(18-16-31)29-9-5-6-14-30-29/h2-9,12-14,21,24H,10-11,15-20,22-23H2,1H3. The number of fused-ring (bicyclic) bond motifs is 1. The molecule has 0 spiro atoms. The van der Waals surface area contributed by atoms with E-state index in [1.807, 2.05) is 12.3 Å². The summed E-state index contributed by atoms with van der Waals surface area (Å²) in [6.45, 7) is 10.2. The number of anilines is 1. The molecular formula is C29H36N4O. The predicted octanol–water partition coefficient (Wildman–Crippen LogP) is 4.62. The number of nitrogens with zero attached hydrogens (tertiary/aromatic N) is 4. The number of rotatable bonds is 7. The average molecular weight is 457 g/mol. The molecule has 1 saturated heterocycles. The Bertz CT molecular complexity index is 1030. The van der Waals surface area contributed by atoms with Gasteiger partial charge in [0.2, 0.25) is 0 Å². The van der Waals surface area contributed by atoms with Crippen molar-refractivity contribution in [2.24, 2.45) is 0 Å². The Morgan fingerprint density at radius 2 is 1.71 bits per heavy atom. The van der Waals surface area contributed by atoms with Gasteiger partial charge in [-0.1, -0.05) is 42.5 Å². The van der Waals surface area contributed by atoms with Crippen LogP contribution < -0.4 is 9.64 Å². The number of piperazine rings is 1. The first-order valence-electron chi connectivity index (χ1n) is 12.7. The third-order valence-corrected chi connectivity index (χ3v) is 7.20. The van der Waals surface area contributed by atoms with E-state index in [2.05, 4.69) is 87.3 Å². The van der Waals surface area contributed by atoms with Crippen LogP contribution in [0.1, 0.15) is 30.0 Å². The molecule has 3 heterocycles. The van der Waals surface area contributed by atoms with E-state index < -0.39 is 0 Å². The van der Waals surface area contributed by atoms with Gasteiger partial charge in [-0.05, 0) is 55.2 Å². The average Bonchev–Trinajstić information content (AvgIpc) is 3.11. The van der Waals surface area contributed by atoms with Crippen LogP contribution in [0, 0.1) is 0 Å². The minimum absolute atomic E-state index is 0.526. The van der Waals surface area contributed by atoms with Crippen molar-refractivity contribution in [3.05, 3.63) is 89.6 Å². The monoisotopic (exact) mass is 456 g/mol. The molecule has 0 bridgehead atoms. The third-order valence-electron chi connectivity index (χ3n) is 7.20. The van der Waals surface area contributed by atoms with E-state index in [-0.39, 0.29) is 0 Å². The van der Waals surface area contributed by atoms with E-state index in [1.165, 1.54) is 23.1 Å². The van der Waals surface area contributed by atoms with Gasteiger partial charge in [0.15, 0.2) is 0 Å². The molecule has 0 saturated carbocycles. The summed E-state index contributed by atoms with van der Waals surface area (Å²) >= 11 is 0. The zero-order valence-corrected chi connectivity index (χ0v) is 20.3. The normalized spacial score (nSPS) is 18.1. The second-order valence-corrected chi connectivity index (χ2v) is 9.59. The van der Waals surface area contributed by atoms with Crippen molar-refractivity contribution < 1.29 is 4.74 Å². The molecule has 5 heteroatoms. The lowest BCUT2D eigenvalue weighted by Crippen LogP contribution is -2.46. The van der Waals surface area contributed by atoms with E-state index in [1.54, 1.807) is 0 Å². The summed E-state index contributed by atoms with van der Waals surface area (Å²) in [6, 6.07) is 24.3. The fraction of sp³-hybridized carbons (Fsp3) is 0.414. The molecule has 1 atom stereocenters. The Morgan fingerprint density at radius 1 is 0.882 bits per heavy atom. The van der Waals surface area contributed by atoms with Crippen LogP contribution in [0.25, 0.3) is 0 Å². The van der Waals surface area contributed by atoms with Crippen molar-refractivity contribution in [3.63, 3.8) is 0 Å². The van der Waals surface area contributed by atoms with Gasteiger partial charge in [-0.25, -0.2) is 4.98 Å². The van der Waals surface area contributed by atoms with Crippen LogP contribution in [-0.2, 0) is 19.5 Å². The van der Waals surface area contributed by atoms with Gasteiger partial charge in [0.05, 0.1) is 0 Å². The maximum atomic E-state index is 6.13. The SMILES string of the molecule is CC(CCc1ccccc1)N1CCOc2ccc(CN3CCN(c4ccccn4)CC3)cc2C1. The van der Waals surface area contributed by atoms with Crippen LogP contribution in [0.2, 0.25) is 0 Å². The van der Waals surface area contributed by atoms with Crippen molar-refractivity contribution in [3.8, 4) is 5.75 Å². The van der Waals surface area contributed by atoms with E-state index >= 15 is 0 Å². The van der Waals surface area contributed by atoms with E-state index in [0.29, 0.717) is 6.04 Å². The van der Waals surface area contributed by atoms with Gasteiger partial charge in [-0.15, -0.1) is 0 Å². The first kappa shape index (κ1) is 22.9. The lowest BCUT2D eigenvalue weighted by Gasteiger charge is -2.35. The summed E-state index contributed by atoms with van der Waals surface area (Å²) in [6.07, 6.45) is 4.17. The van der Waals surface area contributed by atoms with Gasteiger partial charge in [-0.2, -0.15) is 0 Å². The number of hydrogen-bond donors (Lipinski definition) is 0. The van der Waals surface area contributed by atoms with Gasteiger partial charge in [-0.3, -0.25) is 9.80 Å². The summed E-state index contributed by atoms with van der Waals surface area (Å²) in [5.74, 6) is 2.15. The van der Waals surface area contributed by atoms with Crippen molar-refractivity contribution in [2.75, 3.05) is 44.2 Å². The lowest BCUT2D eigenvalue weighted by atomic mass is 10.0. The van der Waals surface area contributed by atoms with Gasteiger partial charge >= 0.3 is 0 Å². The third kappa shape index (κ3) is 5.78. The van der Waals surface area contributed by atoms with Crippen LogP contribution in [0.15, 0.2) is 72.9 Å². The van der Waals surface area contributed by atoms with Crippen molar-refractivity contribution >= 4 is 5.82 Å². The molecule has 1 aromatic heterocycles. The quantitative estimate of drug-likeness (QED) is 0.518. The summed E-state index contributed by atoms with van der Waals surface area (Å²) < 4.78 is 6.13. The Balaban J connectivity index is 1.17. The molecule has 1 fully saturated rings. The first-order valence-corrected chi connectivity index (χ1v) is 12.7. The topological polar surface area (TPSA) is 31.8 Å². The molecular weight excluding hydrogens is 420 g/mol. The molecule has 0 amide bonds. The summed E-state index contributed by atoms with van der Waals surface area (Å²) in [4.78, 5) is 12.0. The number of benzene rings is 2. The predicted molar refractivity (Wildman–Crippen MR) is 138 cm³/mol. The summed E-state index contributed by atoms with van der Waals surface area (Å²) in [5.41, 5.74) is 4.13. The molecule has 0 N–H and O–H groups in total. The zero-order valence-electron chi connectivity index (χ0n) is 20.3. The van der Waals surface area contributed by atoms with Gasteiger partial charge in [0.25, 0.3) is 0 Å². The first-order chi connectivity index (χ1) is 16.7. The summed E-state index contributed by atoms with van der Waals surface area (Å²) in [7, 11) is 0. The molecule has 2 aromatic carbocycles. The molecule has 5 rings (SSSR count). The van der Waals surface area contributed by atoms with Crippen LogP contribution in [-0.4, -0.2) is 60.2 Å². The van der Waals surface area contributed by atoms with Crippen LogP contribution in [0.4, 0.5) is 5.82 Å². The minimum atomic E-state index is 0.526. The fourth-order valence-corrected chi connectivity index (χ4v) is 5.08. The second-order valence-electron chi connectivity index (χ2n) is 9.59. The van der Waals surface area contributed by atoms with E-state index in [9.17, 15) is 0 Å². The Morgan fingerprint density at radius 3 is 2.50 bits per heavy atom. The number of aromatic nitrogens is 1. The smallest absolute Gasteiger partial charge is 0.128 e. The number of hydrogen-bond acceptors (Lipinski definition) is 5. The number of pyridine rings is 1. The molecule has 3 aromatic rings. The van der Waals surface area contributed by atoms with E-state index in [0.717, 1.165) is 70.4 Å². The van der Waals surface area contributed by atoms with Crippen molar-refractivity contribution in [1.29, 1.82) is 0 Å². The maximum Gasteiger partial charge on any atom is 0.128 e. The van der Waals surface area contributed by atoms with Gasteiger partial charge in [0, 0.05) is 63.6 Å². The molecule has 34 heavy (non-hydrogen) atoms. The van der Waals surface area contributed by atoms with Gasteiger partial charge in [0.1, 0.15) is 18.2 Å². The molecule has 0 aliphatic carbocycles.